The summed E-state index contributed by atoms with van der Waals surface area (Å²) in [4.78, 5) is 9.19. The number of ether oxygens (including phenoxy) is 2. The smallest absolute Gasteiger partial charge is 0.193 e. The van der Waals surface area contributed by atoms with Gasteiger partial charge in [0.05, 0.1) is 19.3 Å². The molecule has 0 aromatic carbocycles. The van der Waals surface area contributed by atoms with Gasteiger partial charge in [0.2, 0.25) is 0 Å². The number of guanidine groups is 1. The number of likely N-dealkylation sites (N-methyl/N-ethyl adjacent to an activating group) is 1. The van der Waals surface area contributed by atoms with E-state index in [1.807, 2.05) is 7.05 Å². The van der Waals surface area contributed by atoms with Gasteiger partial charge in [-0.15, -0.1) is 0 Å². The third kappa shape index (κ3) is 4.81. The lowest BCUT2D eigenvalue weighted by atomic mass is 9.80. The third-order valence-corrected chi connectivity index (χ3v) is 5.31. The molecule has 2 aliphatic rings. The highest BCUT2D eigenvalue weighted by Gasteiger charge is 2.34. The minimum atomic E-state index is 0.129. The maximum absolute atomic E-state index is 5.74. The number of nitrogens with one attached hydrogen (secondary N) is 1. The van der Waals surface area contributed by atoms with E-state index in [0.717, 1.165) is 32.2 Å². The number of methoxy groups -OCH3 is 1. The number of hydrogen-bond donors (Lipinski definition) is 1. The van der Waals surface area contributed by atoms with Gasteiger partial charge in [-0.25, -0.2) is 0 Å². The molecule has 1 unspecified atom stereocenters. The lowest BCUT2D eigenvalue weighted by Crippen LogP contribution is -2.58. The fraction of sp³-hybridized carbons (Fsp3) is 0.941. The van der Waals surface area contributed by atoms with Crippen LogP contribution in [0.4, 0.5) is 0 Å². The third-order valence-electron chi connectivity index (χ3n) is 5.31. The van der Waals surface area contributed by atoms with E-state index < -0.39 is 0 Å². The predicted octanol–water partition coefficient (Wildman–Crippen LogP) is 1.17. The van der Waals surface area contributed by atoms with Gasteiger partial charge in [0, 0.05) is 39.3 Å². The lowest BCUT2D eigenvalue weighted by molar-refractivity contribution is -0.0449. The van der Waals surface area contributed by atoms with Crippen LogP contribution in [0.1, 0.15) is 32.1 Å². The van der Waals surface area contributed by atoms with Gasteiger partial charge in [-0.1, -0.05) is 19.3 Å². The second-order valence-electron chi connectivity index (χ2n) is 6.97. The SMILES string of the molecule is CN=C(NCC1(N(C)C)CCCCC1)N1CCOC(COC)C1. The second-order valence-corrected chi connectivity index (χ2v) is 6.97. The van der Waals surface area contributed by atoms with Crippen molar-refractivity contribution < 1.29 is 9.47 Å². The predicted molar refractivity (Wildman–Crippen MR) is 94.1 cm³/mol. The molecule has 1 heterocycles. The first-order chi connectivity index (χ1) is 11.1. The van der Waals surface area contributed by atoms with Gasteiger partial charge in [-0.3, -0.25) is 4.99 Å². The van der Waals surface area contributed by atoms with Crippen molar-refractivity contribution in [3.05, 3.63) is 0 Å². The van der Waals surface area contributed by atoms with Crippen LogP contribution in [0.15, 0.2) is 4.99 Å². The number of morpholine rings is 1. The van der Waals surface area contributed by atoms with Crippen LogP contribution in [0, 0.1) is 0 Å². The van der Waals surface area contributed by atoms with Crippen LogP contribution in [0.3, 0.4) is 0 Å². The fourth-order valence-electron chi connectivity index (χ4n) is 3.77. The van der Waals surface area contributed by atoms with E-state index in [2.05, 4.69) is 34.2 Å². The van der Waals surface area contributed by atoms with Crippen LogP contribution in [-0.4, -0.2) is 88.5 Å². The Balaban J connectivity index is 1.93. The molecule has 0 aromatic heterocycles. The highest BCUT2D eigenvalue weighted by molar-refractivity contribution is 5.80. The molecular formula is C17H34N4O2. The lowest BCUT2D eigenvalue weighted by Gasteiger charge is -2.44. The summed E-state index contributed by atoms with van der Waals surface area (Å²) in [5.41, 5.74) is 0.256. The normalized spacial score (nSPS) is 25.7. The first-order valence-electron chi connectivity index (χ1n) is 8.85. The van der Waals surface area contributed by atoms with Crippen LogP contribution in [0.2, 0.25) is 0 Å². The summed E-state index contributed by atoms with van der Waals surface area (Å²) in [6, 6.07) is 0. The summed E-state index contributed by atoms with van der Waals surface area (Å²) in [5, 5.41) is 3.63. The Bertz CT molecular complexity index is 379. The molecule has 0 radical (unpaired) electrons. The molecular weight excluding hydrogens is 292 g/mol. The summed E-state index contributed by atoms with van der Waals surface area (Å²) >= 11 is 0. The first kappa shape index (κ1) is 18.5. The quantitative estimate of drug-likeness (QED) is 0.607. The molecule has 0 amide bonds. The monoisotopic (exact) mass is 326 g/mol. The van der Waals surface area contributed by atoms with Gasteiger partial charge in [0.15, 0.2) is 5.96 Å². The Morgan fingerprint density at radius 1 is 1.35 bits per heavy atom. The fourth-order valence-corrected chi connectivity index (χ4v) is 3.77. The van der Waals surface area contributed by atoms with Crippen molar-refractivity contribution in [1.29, 1.82) is 0 Å². The van der Waals surface area contributed by atoms with E-state index in [4.69, 9.17) is 9.47 Å². The van der Waals surface area contributed by atoms with Crippen LogP contribution in [0.5, 0.6) is 0 Å². The molecule has 1 aliphatic carbocycles. The molecule has 2 fully saturated rings. The summed E-state index contributed by atoms with van der Waals surface area (Å²) in [7, 11) is 8.00. The molecule has 134 valence electrons. The molecule has 1 saturated heterocycles. The first-order valence-corrected chi connectivity index (χ1v) is 8.85. The van der Waals surface area contributed by atoms with Crippen molar-refractivity contribution in [3.8, 4) is 0 Å². The van der Waals surface area contributed by atoms with Gasteiger partial charge in [0.1, 0.15) is 0 Å². The average molecular weight is 326 g/mol. The molecule has 0 spiro atoms. The van der Waals surface area contributed by atoms with Crippen molar-refractivity contribution in [2.24, 2.45) is 4.99 Å². The molecule has 6 nitrogen and oxygen atoms in total. The van der Waals surface area contributed by atoms with Crippen molar-refractivity contribution in [2.75, 3.05) is 61.1 Å². The van der Waals surface area contributed by atoms with Crippen molar-refractivity contribution >= 4 is 5.96 Å². The summed E-state index contributed by atoms with van der Waals surface area (Å²) < 4.78 is 11.0. The van der Waals surface area contributed by atoms with E-state index >= 15 is 0 Å². The molecule has 1 N–H and O–H groups in total. The zero-order valence-corrected chi connectivity index (χ0v) is 15.3. The van der Waals surface area contributed by atoms with Crippen LogP contribution >= 0.6 is 0 Å². The summed E-state index contributed by atoms with van der Waals surface area (Å²) in [5.74, 6) is 0.987. The molecule has 1 atom stereocenters. The topological polar surface area (TPSA) is 49.3 Å². The summed E-state index contributed by atoms with van der Waals surface area (Å²) in [6.07, 6.45) is 6.67. The van der Waals surface area contributed by atoms with Gasteiger partial charge < -0.3 is 24.6 Å². The molecule has 2 rings (SSSR count). The number of hydrogen-bond acceptors (Lipinski definition) is 4. The largest absolute Gasteiger partial charge is 0.382 e. The Labute approximate surface area is 141 Å². The Hall–Kier alpha value is -0.850. The molecule has 0 bridgehead atoms. The minimum absolute atomic E-state index is 0.129. The maximum Gasteiger partial charge on any atom is 0.193 e. The Kier molecular flexibility index (Phi) is 7.11. The van der Waals surface area contributed by atoms with Crippen molar-refractivity contribution in [2.45, 2.75) is 43.7 Å². The highest BCUT2D eigenvalue weighted by atomic mass is 16.5. The van der Waals surface area contributed by atoms with Crippen molar-refractivity contribution in [3.63, 3.8) is 0 Å². The molecule has 0 aromatic rings. The van der Waals surface area contributed by atoms with E-state index in [1.165, 1.54) is 32.1 Å². The Morgan fingerprint density at radius 3 is 2.70 bits per heavy atom. The van der Waals surface area contributed by atoms with E-state index in [0.29, 0.717) is 6.61 Å². The molecule has 23 heavy (non-hydrogen) atoms. The maximum atomic E-state index is 5.74. The van der Waals surface area contributed by atoms with Gasteiger partial charge in [-0.2, -0.15) is 0 Å². The molecule has 6 heteroatoms. The summed E-state index contributed by atoms with van der Waals surface area (Å²) in [6.45, 7) is 4.04. The van der Waals surface area contributed by atoms with Gasteiger partial charge >= 0.3 is 0 Å². The van der Waals surface area contributed by atoms with Gasteiger partial charge in [-0.05, 0) is 26.9 Å². The van der Waals surface area contributed by atoms with Crippen molar-refractivity contribution in [1.82, 2.24) is 15.1 Å². The zero-order chi connectivity index (χ0) is 16.7. The second kappa shape index (κ2) is 8.85. The van der Waals surface area contributed by atoms with Crippen LogP contribution in [-0.2, 0) is 9.47 Å². The van der Waals surface area contributed by atoms with E-state index in [1.54, 1.807) is 7.11 Å². The number of aliphatic imine (C=N–C) groups is 1. The van der Waals surface area contributed by atoms with Crippen LogP contribution in [0.25, 0.3) is 0 Å². The van der Waals surface area contributed by atoms with Crippen LogP contribution < -0.4 is 5.32 Å². The highest BCUT2D eigenvalue weighted by Crippen LogP contribution is 2.31. The number of rotatable bonds is 5. The molecule has 1 saturated carbocycles. The standard InChI is InChI=1S/C17H34N4O2/c1-18-16(21-10-11-23-15(12-21)13-22-4)19-14-17(20(2)3)8-6-5-7-9-17/h15H,5-14H2,1-4H3,(H,18,19). The van der Waals surface area contributed by atoms with E-state index in [9.17, 15) is 0 Å². The molecule has 1 aliphatic heterocycles. The number of nitrogens with zero attached hydrogens (tertiary/aromatic N) is 3. The minimum Gasteiger partial charge on any atom is -0.382 e. The zero-order valence-electron chi connectivity index (χ0n) is 15.3. The van der Waals surface area contributed by atoms with E-state index in [-0.39, 0.29) is 11.6 Å². The van der Waals surface area contributed by atoms with Gasteiger partial charge in [0.25, 0.3) is 0 Å². The average Bonchev–Trinajstić information content (AvgIpc) is 2.57. The Morgan fingerprint density at radius 2 is 2.09 bits per heavy atom.